The normalized spacial score (nSPS) is 11.5. The van der Waals surface area contributed by atoms with Crippen LogP contribution in [-0.4, -0.2) is 25.4 Å². The molecular formula is C15H12F3N5O. The SMILES string of the molecule is O=C(Nc1ncc(C(F)(F)F)[nH]1)c1cccc(Cn2ccnc2)c1. The van der Waals surface area contributed by atoms with E-state index in [0.717, 1.165) is 5.56 Å². The molecule has 124 valence electrons. The number of alkyl halides is 3. The molecule has 0 saturated carbocycles. The Morgan fingerprint density at radius 3 is 2.83 bits per heavy atom. The fourth-order valence-corrected chi connectivity index (χ4v) is 2.11. The van der Waals surface area contributed by atoms with Gasteiger partial charge in [0.05, 0.1) is 12.5 Å². The summed E-state index contributed by atoms with van der Waals surface area (Å²) in [6.07, 6.45) is 1.17. The number of halogens is 3. The first-order valence-electron chi connectivity index (χ1n) is 6.90. The van der Waals surface area contributed by atoms with E-state index in [1.165, 1.54) is 0 Å². The summed E-state index contributed by atoms with van der Waals surface area (Å²) >= 11 is 0. The van der Waals surface area contributed by atoms with Gasteiger partial charge >= 0.3 is 6.18 Å². The molecule has 0 spiro atoms. The molecule has 6 nitrogen and oxygen atoms in total. The third-order valence-electron chi connectivity index (χ3n) is 3.23. The highest BCUT2D eigenvalue weighted by Crippen LogP contribution is 2.28. The molecule has 3 aromatic rings. The third-order valence-corrected chi connectivity index (χ3v) is 3.23. The van der Waals surface area contributed by atoms with Crippen LogP contribution in [-0.2, 0) is 12.7 Å². The molecule has 1 aromatic carbocycles. The quantitative estimate of drug-likeness (QED) is 0.770. The van der Waals surface area contributed by atoms with Gasteiger partial charge in [0.2, 0.25) is 5.95 Å². The van der Waals surface area contributed by atoms with Crippen LogP contribution in [0.5, 0.6) is 0 Å². The second-order valence-corrected chi connectivity index (χ2v) is 5.03. The first-order valence-corrected chi connectivity index (χ1v) is 6.90. The molecule has 0 unspecified atom stereocenters. The minimum atomic E-state index is -4.54. The molecule has 0 fully saturated rings. The van der Waals surface area contributed by atoms with Gasteiger partial charge in [0.15, 0.2) is 0 Å². The highest BCUT2D eigenvalue weighted by atomic mass is 19.4. The fourth-order valence-electron chi connectivity index (χ4n) is 2.11. The standard InChI is InChI=1S/C15H12F3N5O/c16-15(17,18)12-7-20-14(21-12)22-13(24)11-3-1-2-10(6-11)8-23-5-4-19-9-23/h1-7,9H,8H2,(H2,20,21,22,24). The van der Waals surface area contributed by atoms with Crippen LogP contribution < -0.4 is 5.32 Å². The van der Waals surface area contributed by atoms with Crippen LogP contribution >= 0.6 is 0 Å². The van der Waals surface area contributed by atoms with Crippen LogP contribution in [0.25, 0.3) is 0 Å². The van der Waals surface area contributed by atoms with E-state index in [9.17, 15) is 18.0 Å². The second-order valence-electron chi connectivity index (χ2n) is 5.03. The predicted octanol–water partition coefficient (Wildman–Crippen LogP) is 2.93. The Balaban J connectivity index is 1.72. The van der Waals surface area contributed by atoms with E-state index in [1.54, 1.807) is 36.9 Å². The van der Waals surface area contributed by atoms with Crippen LogP contribution in [0, 0.1) is 0 Å². The van der Waals surface area contributed by atoms with Gasteiger partial charge in [0, 0.05) is 24.5 Å². The number of H-pyrrole nitrogens is 1. The van der Waals surface area contributed by atoms with E-state index in [-0.39, 0.29) is 5.95 Å². The maximum atomic E-state index is 12.5. The van der Waals surface area contributed by atoms with E-state index in [2.05, 4.69) is 15.3 Å². The lowest BCUT2D eigenvalue weighted by atomic mass is 10.1. The number of aromatic nitrogens is 4. The molecule has 3 rings (SSSR count). The van der Waals surface area contributed by atoms with Gasteiger partial charge in [-0.15, -0.1) is 0 Å². The average Bonchev–Trinajstić information content (AvgIpc) is 3.18. The van der Waals surface area contributed by atoms with E-state index < -0.39 is 17.8 Å². The number of nitrogens with zero attached hydrogens (tertiary/aromatic N) is 3. The fraction of sp³-hybridized carbons (Fsp3) is 0.133. The second kappa shape index (κ2) is 6.19. The molecule has 24 heavy (non-hydrogen) atoms. The molecule has 2 aromatic heterocycles. The molecule has 2 heterocycles. The van der Waals surface area contributed by atoms with Crippen molar-refractivity contribution < 1.29 is 18.0 Å². The van der Waals surface area contributed by atoms with Crippen molar-refractivity contribution in [1.29, 1.82) is 0 Å². The van der Waals surface area contributed by atoms with Gasteiger partial charge in [0.1, 0.15) is 5.69 Å². The monoisotopic (exact) mass is 335 g/mol. The number of benzene rings is 1. The van der Waals surface area contributed by atoms with Crippen molar-refractivity contribution in [2.24, 2.45) is 0 Å². The zero-order chi connectivity index (χ0) is 17.2. The van der Waals surface area contributed by atoms with Crippen molar-refractivity contribution in [1.82, 2.24) is 19.5 Å². The number of carbonyl (C=O) groups excluding carboxylic acids is 1. The number of hydrogen-bond donors (Lipinski definition) is 2. The molecule has 0 saturated heterocycles. The lowest BCUT2D eigenvalue weighted by molar-refractivity contribution is -0.140. The van der Waals surface area contributed by atoms with Crippen molar-refractivity contribution in [2.75, 3.05) is 5.32 Å². The van der Waals surface area contributed by atoms with E-state index in [1.807, 2.05) is 15.6 Å². The number of amides is 1. The molecule has 0 radical (unpaired) electrons. The summed E-state index contributed by atoms with van der Waals surface area (Å²) in [5.41, 5.74) is 0.153. The highest BCUT2D eigenvalue weighted by Gasteiger charge is 2.33. The van der Waals surface area contributed by atoms with Crippen LogP contribution in [0.3, 0.4) is 0 Å². The number of aromatic amines is 1. The largest absolute Gasteiger partial charge is 0.432 e. The zero-order valence-corrected chi connectivity index (χ0v) is 12.2. The first-order chi connectivity index (χ1) is 11.4. The molecule has 1 amide bonds. The third kappa shape index (κ3) is 3.62. The average molecular weight is 335 g/mol. The smallest absolute Gasteiger partial charge is 0.333 e. The molecule has 0 aliphatic heterocycles. The van der Waals surface area contributed by atoms with E-state index in [0.29, 0.717) is 18.3 Å². The number of rotatable bonds is 4. The van der Waals surface area contributed by atoms with E-state index in [4.69, 9.17) is 0 Å². The topological polar surface area (TPSA) is 75.6 Å². The van der Waals surface area contributed by atoms with Crippen molar-refractivity contribution in [3.8, 4) is 0 Å². The minimum Gasteiger partial charge on any atom is -0.333 e. The maximum absolute atomic E-state index is 12.5. The Labute approximate surface area is 134 Å². The minimum absolute atomic E-state index is 0.257. The van der Waals surface area contributed by atoms with Gasteiger partial charge in [-0.1, -0.05) is 12.1 Å². The Kier molecular flexibility index (Phi) is 4.07. The molecule has 0 aliphatic rings. The Bertz CT molecular complexity index is 839. The zero-order valence-electron chi connectivity index (χ0n) is 12.2. The summed E-state index contributed by atoms with van der Waals surface area (Å²) in [6.45, 7) is 0.528. The molecule has 0 bridgehead atoms. The summed E-state index contributed by atoms with van der Waals surface area (Å²) in [6, 6.07) is 6.76. The number of anilines is 1. The summed E-state index contributed by atoms with van der Waals surface area (Å²) in [5.74, 6) is -0.808. The van der Waals surface area contributed by atoms with Gasteiger partial charge in [-0.05, 0) is 17.7 Å². The Morgan fingerprint density at radius 1 is 1.33 bits per heavy atom. The van der Waals surface area contributed by atoms with Gasteiger partial charge in [0.25, 0.3) is 5.91 Å². The molecule has 9 heteroatoms. The summed E-state index contributed by atoms with van der Waals surface area (Å²) in [4.78, 5) is 21.6. The first kappa shape index (κ1) is 15.8. The number of nitrogens with one attached hydrogen (secondary N) is 2. The summed E-state index contributed by atoms with van der Waals surface area (Å²) in [7, 11) is 0. The Hall–Kier alpha value is -3.10. The summed E-state index contributed by atoms with van der Waals surface area (Å²) in [5, 5.41) is 2.31. The number of hydrogen-bond acceptors (Lipinski definition) is 3. The van der Waals surface area contributed by atoms with Crippen molar-refractivity contribution in [3.05, 3.63) is 66.0 Å². The highest BCUT2D eigenvalue weighted by molar-refractivity contribution is 6.03. The van der Waals surface area contributed by atoms with Gasteiger partial charge in [-0.25, -0.2) is 9.97 Å². The Morgan fingerprint density at radius 2 is 2.17 bits per heavy atom. The van der Waals surface area contributed by atoms with E-state index >= 15 is 0 Å². The van der Waals surface area contributed by atoms with Gasteiger partial charge < -0.3 is 9.55 Å². The van der Waals surface area contributed by atoms with Crippen LogP contribution in [0.2, 0.25) is 0 Å². The lowest BCUT2D eigenvalue weighted by Gasteiger charge is -2.06. The van der Waals surface area contributed by atoms with Crippen molar-refractivity contribution in [2.45, 2.75) is 12.7 Å². The molecule has 2 N–H and O–H groups in total. The maximum Gasteiger partial charge on any atom is 0.432 e. The van der Waals surface area contributed by atoms with Gasteiger partial charge in [-0.2, -0.15) is 13.2 Å². The summed E-state index contributed by atoms with van der Waals surface area (Å²) < 4.78 is 39.3. The van der Waals surface area contributed by atoms with Crippen LogP contribution in [0.1, 0.15) is 21.6 Å². The van der Waals surface area contributed by atoms with Gasteiger partial charge in [-0.3, -0.25) is 10.1 Å². The molecular weight excluding hydrogens is 323 g/mol. The van der Waals surface area contributed by atoms with Crippen molar-refractivity contribution in [3.63, 3.8) is 0 Å². The van der Waals surface area contributed by atoms with Crippen molar-refractivity contribution >= 4 is 11.9 Å². The number of carbonyl (C=O) groups is 1. The predicted molar refractivity (Wildman–Crippen MR) is 79.3 cm³/mol. The van der Waals surface area contributed by atoms with Crippen LogP contribution in [0.4, 0.5) is 19.1 Å². The van der Waals surface area contributed by atoms with Crippen LogP contribution in [0.15, 0.2) is 49.2 Å². The number of imidazole rings is 2. The molecule has 0 aliphatic carbocycles. The molecule has 0 atom stereocenters. The lowest BCUT2D eigenvalue weighted by Crippen LogP contribution is -2.14.